The van der Waals surface area contributed by atoms with Crippen LogP contribution in [0, 0.1) is 0 Å². The van der Waals surface area contributed by atoms with E-state index < -0.39 is 30.4 Å². The molecule has 37 heavy (non-hydrogen) atoms. The average Bonchev–Trinajstić information content (AvgIpc) is 3.16. The number of rotatable bonds is 9. The lowest BCUT2D eigenvalue weighted by molar-refractivity contribution is -0.127. The molecule has 10 nitrogen and oxygen atoms in total. The predicted molar refractivity (Wildman–Crippen MR) is 134 cm³/mol. The van der Waals surface area contributed by atoms with Crippen LogP contribution in [0.2, 0.25) is 0 Å². The quantitative estimate of drug-likeness (QED) is 0.302. The number of carbonyl (C=O) groups is 4. The second-order valence-corrected chi connectivity index (χ2v) is 7.99. The van der Waals surface area contributed by atoms with Crippen LogP contribution in [0.5, 0.6) is 11.5 Å². The number of carboxylic acid groups (broad SMARTS) is 1. The van der Waals surface area contributed by atoms with Gasteiger partial charge in [0.1, 0.15) is 30.3 Å². The molecule has 0 saturated carbocycles. The van der Waals surface area contributed by atoms with Crippen molar-refractivity contribution in [3.05, 3.63) is 95.2 Å². The summed E-state index contributed by atoms with van der Waals surface area (Å²) in [6.45, 7) is -0.207. The van der Waals surface area contributed by atoms with E-state index in [0.29, 0.717) is 22.7 Å². The third-order valence-electron chi connectivity index (χ3n) is 5.44. The van der Waals surface area contributed by atoms with Gasteiger partial charge in [-0.3, -0.25) is 9.59 Å². The normalized spacial score (nSPS) is 13.9. The number of hydrogen-bond donors (Lipinski definition) is 3. The van der Waals surface area contributed by atoms with Gasteiger partial charge in [0.25, 0.3) is 5.91 Å². The Labute approximate surface area is 212 Å². The molecule has 1 fully saturated rings. The zero-order valence-corrected chi connectivity index (χ0v) is 19.8. The topological polar surface area (TPSA) is 134 Å². The van der Waals surface area contributed by atoms with Crippen LogP contribution >= 0.6 is 0 Å². The smallest absolute Gasteiger partial charge is 0.335 e. The minimum Gasteiger partial charge on any atom is -0.495 e. The van der Waals surface area contributed by atoms with E-state index in [1.165, 1.54) is 25.3 Å². The van der Waals surface area contributed by atoms with Gasteiger partial charge in [0.2, 0.25) is 5.91 Å². The third-order valence-corrected chi connectivity index (χ3v) is 5.44. The Bertz CT molecular complexity index is 1370. The number of anilines is 1. The molecule has 1 aliphatic rings. The van der Waals surface area contributed by atoms with Crippen LogP contribution in [0.3, 0.4) is 0 Å². The van der Waals surface area contributed by atoms with Crippen molar-refractivity contribution in [3.8, 4) is 11.5 Å². The number of aromatic carboxylic acids is 1. The number of benzene rings is 3. The summed E-state index contributed by atoms with van der Waals surface area (Å²) in [6, 6.07) is 19.3. The van der Waals surface area contributed by atoms with Gasteiger partial charge in [-0.05, 0) is 53.6 Å². The van der Waals surface area contributed by atoms with Crippen LogP contribution in [0.25, 0.3) is 6.08 Å². The number of hydrogen-bond acceptors (Lipinski definition) is 6. The van der Waals surface area contributed by atoms with Crippen LogP contribution in [-0.4, -0.2) is 47.5 Å². The molecule has 10 heteroatoms. The third kappa shape index (κ3) is 6.12. The van der Waals surface area contributed by atoms with Crippen LogP contribution in [0.15, 0.2) is 78.5 Å². The molecular formula is C27H23N3O7. The van der Waals surface area contributed by atoms with E-state index in [4.69, 9.17) is 14.6 Å². The Balaban J connectivity index is 1.35. The van der Waals surface area contributed by atoms with E-state index in [1.807, 2.05) is 0 Å². The molecule has 4 rings (SSSR count). The summed E-state index contributed by atoms with van der Waals surface area (Å²) in [7, 11) is 1.47. The Hall–Kier alpha value is -5.12. The fourth-order valence-corrected chi connectivity index (χ4v) is 3.53. The Morgan fingerprint density at radius 2 is 1.70 bits per heavy atom. The zero-order valence-electron chi connectivity index (χ0n) is 19.8. The number of carboxylic acids is 1. The molecule has 0 unspecified atom stereocenters. The van der Waals surface area contributed by atoms with E-state index in [9.17, 15) is 19.2 Å². The zero-order chi connectivity index (χ0) is 26.4. The van der Waals surface area contributed by atoms with Crippen molar-refractivity contribution in [1.29, 1.82) is 0 Å². The van der Waals surface area contributed by atoms with E-state index >= 15 is 0 Å². The maximum absolute atomic E-state index is 12.7. The summed E-state index contributed by atoms with van der Waals surface area (Å²) in [5.74, 6) is -1.13. The minimum atomic E-state index is -0.992. The first kappa shape index (κ1) is 25.0. The second-order valence-electron chi connectivity index (χ2n) is 7.99. The molecule has 0 radical (unpaired) electrons. The summed E-state index contributed by atoms with van der Waals surface area (Å²) in [6.07, 6.45) is 1.51. The summed E-state index contributed by atoms with van der Waals surface area (Å²) in [5.41, 5.74) is 2.12. The maximum atomic E-state index is 12.7. The first-order valence-electron chi connectivity index (χ1n) is 11.2. The lowest BCUT2D eigenvalue weighted by Gasteiger charge is -2.13. The van der Waals surface area contributed by atoms with E-state index in [1.54, 1.807) is 60.7 Å². The molecule has 0 bridgehead atoms. The van der Waals surface area contributed by atoms with Crippen molar-refractivity contribution >= 4 is 35.6 Å². The van der Waals surface area contributed by atoms with Crippen LogP contribution < -0.4 is 20.1 Å². The number of ether oxygens (including phenoxy) is 2. The minimum absolute atomic E-state index is 0.0438. The van der Waals surface area contributed by atoms with E-state index in [0.717, 1.165) is 10.5 Å². The van der Waals surface area contributed by atoms with Crippen molar-refractivity contribution in [2.75, 3.05) is 19.0 Å². The Kier molecular flexibility index (Phi) is 7.48. The van der Waals surface area contributed by atoms with E-state index in [-0.39, 0.29) is 17.9 Å². The van der Waals surface area contributed by atoms with E-state index in [2.05, 4.69) is 10.6 Å². The molecular weight excluding hydrogens is 478 g/mol. The van der Waals surface area contributed by atoms with Crippen molar-refractivity contribution in [2.45, 2.75) is 6.61 Å². The summed E-state index contributed by atoms with van der Waals surface area (Å²) < 4.78 is 10.9. The summed E-state index contributed by atoms with van der Waals surface area (Å²) in [4.78, 5) is 49.3. The van der Waals surface area contributed by atoms with Crippen LogP contribution in [0.4, 0.5) is 10.5 Å². The highest BCUT2D eigenvalue weighted by Crippen LogP contribution is 2.23. The van der Waals surface area contributed by atoms with Gasteiger partial charge in [-0.2, -0.15) is 0 Å². The highest BCUT2D eigenvalue weighted by Gasteiger charge is 2.35. The largest absolute Gasteiger partial charge is 0.495 e. The van der Waals surface area contributed by atoms with Crippen molar-refractivity contribution < 1.29 is 33.8 Å². The number of methoxy groups -OCH3 is 1. The van der Waals surface area contributed by atoms with Gasteiger partial charge >= 0.3 is 12.0 Å². The summed E-state index contributed by atoms with van der Waals surface area (Å²) in [5, 5.41) is 14.1. The van der Waals surface area contributed by atoms with Gasteiger partial charge in [-0.1, -0.05) is 36.4 Å². The lowest BCUT2D eigenvalue weighted by atomic mass is 10.1. The van der Waals surface area contributed by atoms with Gasteiger partial charge in [-0.25, -0.2) is 14.5 Å². The fourth-order valence-electron chi connectivity index (χ4n) is 3.53. The Morgan fingerprint density at radius 3 is 2.38 bits per heavy atom. The number of carbonyl (C=O) groups excluding carboxylic acids is 3. The monoisotopic (exact) mass is 501 g/mol. The number of nitrogens with zero attached hydrogens (tertiary/aromatic N) is 1. The Morgan fingerprint density at radius 1 is 1.00 bits per heavy atom. The molecule has 0 spiro atoms. The summed E-state index contributed by atoms with van der Waals surface area (Å²) >= 11 is 0. The SMILES string of the molecule is COc1ccccc1NC(=O)CN1C(=O)N/C(=C/c2ccc(OCc3ccc(C(=O)O)cc3)cc2)C1=O. The number of para-hydroxylation sites is 2. The molecule has 1 aliphatic heterocycles. The van der Waals surface area contributed by atoms with Gasteiger partial charge in [0, 0.05) is 0 Å². The molecule has 3 aromatic rings. The molecule has 4 amide bonds. The average molecular weight is 501 g/mol. The molecule has 3 N–H and O–H groups in total. The van der Waals surface area contributed by atoms with Crippen molar-refractivity contribution in [2.24, 2.45) is 0 Å². The number of urea groups is 1. The number of amides is 4. The standard InChI is InChI=1S/C27H23N3O7/c1-36-23-5-3-2-4-21(23)28-24(31)15-30-25(32)22(29-27(30)35)14-17-8-12-20(13-9-17)37-16-18-6-10-19(11-7-18)26(33)34/h2-14H,15-16H2,1H3,(H,28,31)(H,29,35)(H,33,34)/b22-14+. The second kappa shape index (κ2) is 11.1. The van der Waals surface area contributed by atoms with Gasteiger partial charge in [-0.15, -0.1) is 0 Å². The maximum Gasteiger partial charge on any atom is 0.335 e. The molecule has 0 atom stereocenters. The highest BCUT2D eigenvalue weighted by molar-refractivity contribution is 6.16. The molecule has 188 valence electrons. The van der Waals surface area contributed by atoms with Gasteiger partial charge in [0.15, 0.2) is 0 Å². The first-order chi connectivity index (χ1) is 17.8. The van der Waals surface area contributed by atoms with Gasteiger partial charge < -0.3 is 25.2 Å². The van der Waals surface area contributed by atoms with Crippen LogP contribution in [-0.2, 0) is 16.2 Å². The fraction of sp³-hybridized carbons (Fsp3) is 0.111. The molecule has 0 aliphatic carbocycles. The van der Waals surface area contributed by atoms with Crippen LogP contribution in [0.1, 0.15) is 21.5 Å². The molecule has 0 aromatic heterocycles. The first-order valence-corrected chi connectivity index (χ1v) is 11.2. The highest BCUT2D eigenvalue weighted by atomic mass is 16.5. The van der Waals surface area contributed by atoms with Crippen molar-refractivity contribution in [3.63, 3.8) is 0 Å². The van der Waals surface area contributed by atoms with Crippen molar-refractivity contribution in [1.82, 2.24) is 10.2 Å². The molecule has 3 aromatic carbocycles. The number of nitrogens with one attached hydrogen (secondary N) is 2. The molecule has 1 heterocycles. The lowest BCUT2D eigenvalue weighted by Crippen LogP contribution is -2.38. The molecule has 1 saturated heterocycles. The number of imide groups is 1. The van der Waals surface area contributed by atoms with Gasteiger partial charge in [0.05, 0.1) is 18.4 Å². The predicted octanol–water partition coefficient (Wildman–Crippen LogP) is 3.50.